The Bertz CT molecular complexity index is 244. The minimum absolute atomic E-state index is 0.227. The van der Waals surface area contributed by atoms with Gasteiger partial charge in [-0.1, -0.05) is 0 Å². The fourth-order valence-corrected chi connectivity index (χ4v) is 2.28. The van der Waals surface area contributed by atoms with Crippen LogP contribution in [0.3, 0.4) is 0 Å². The number of hydrogen-bond donors (Lipinski definition) is 1. The first kappa shape index (κ1) is 14.5. The molecule has 1 rings (SSSR count). The van der Waals surface area contributed by atoms with Crippen LogP contribution in [0, 0.1) is 0 Å². The smallest absolute Gasteiger partial charge is 0.236 e. The van der Waals surface area contributed by atoms with Gasteiger partial charge in [0, 0.05) is 19.1 Å². The predicted octanol–water partition coefficient (Wildman–Crippen LogP) is 1.09. The van der Waals surface area contributed by atoms with E-state index in [0.29, 0.717) is 12.6 Å². The van der Waals surface area contributed by atoms with Crippen LogP contribution in [0.4, 0.5) is 0 Å². The Morgan fingerprint density at radius 1 is 1.53 bits per heavy atom. The number of hydrogen-bond acceptors (Lipinski definition) is 3. The highest BCUT2D eigenvalue weighted by molar-refractivity contribution is 5.78. The van der Waals surface area contributed by atoms with Gasteiger partial charge in [-0.15, -0.1) is 0 Å². The van der Waals surface area contributed by atoms with E-state index in [1.165, 1.54) is 6.42 Å². The first-order valence-corrected chi connectivity index (χ1v) is 6.66. The van der Waals surface area contributed by atoms with Gasteiger partial charge in [0.05, 0.1) is 12.6 Å². The maximum atomic E-state index is 12.1. The number of rotatable bonds is 5. The van der Waals surface area contributed by atoms with Crippen molar-refractivity contribution in [2.75, 3.05) is 26.7 Å². The first-order chi connectivity index (χ1) is 8.00. The van der Waals surface area contributed by atoms with Gasteiger partial charge in [0.25, 0.3) is 0 Å². The van der Waals surface area contributed by atoms with Crippen LogP contribution in [-0.4, -0.2) is 59.6 Å². The van der Waals surface area contributed by atoms with E-state index in [-0.39, 0.29) is 12.0 Å². The Hall–Kier alpha value is -0.610. The molecule has 1 N–H and O–H groups in total. The van der Waals surface area contributed by atoms with Crippen molar-refractivity contribution in [1.82, 2.24) is 9.80 Å². The van der Waals surface area contributed by atoms with Crippen LogP contribution in [0.1, 0.15) is 39.5 Å². The number of nitrogens with zero attached hydrogens (tertiary/aromatic N) is 2. The number of aliphatic hydroxyl groups excluding tert-OH is 1. The molecule has 0 spiro atoms. The summed E-state index contributed by atoms with van der Waals surface area (Å²) in [5.74, 6) is 0.227. The number of piperidine rings is 1. The zero-order valence-corrected chi connectivity index (χ0v) is 11.4. The van der Waals surface area contributed by atoms with Gasteiger partial charge < -0.3 is 10.0 Å². The highest BCUT2D eigenvalue weighted by Gasteiger charge is 2.23. The van der Waals surface area contributed by atoms with Crippen molar-refractivity contribution in [1.29, 1.82) is 0 Å². The topological polar surface area (TPSA) is 43.8 Å². The highest BCUT2D eigenvalue weighted by atomic mass is 16.3. The lowest BCUT2D eigenvalue weighted by atomic mass is 10.0. The summed E-state index contributed by atoms with van der Waals surface area (Å²) in [6.07, 6.45) is 3.93. The SMILES string of the molecule is CC(O)CCN(C)CC(=O)N1CCCCC1C. The number of amides is 1. The molecule has 1 fully saturated rings. The summed E-state index contributed by atoms with van der Waals surface area (Å²) in [4.78, 5) is 16.1. The number of carbonyl (C=O) groups excluding carboxylic acids is 1. The van der Waals surface area contributed by atoms with Crippen molar-refractivity contribution in [2.45, 2.75) is 51.7 Å². The summed E-state index contributed by atoms with van der Waals surface area (Å²) in [5.41, 5.74) is 0. The zero-order valence-electron chi connectivity index (χ0n) is 11.4. The van der Waals surface area contributed by atoms with Crippen LogP contribution in [0.5, 0.6) is 0 Å². The molecular formula is C13H26N2O2. The third-order valence-electron chi connectivity index (χ3n) is 3.46. The molecule has 0 bridgehead atoms. The number of likely N-dealkylation sites (N-methyl/N-ethyl adjacent to an activating group) is 1. The van der Waals surface area contributed by atoms with E-state index < -0.39 is 0 Å². The Morgan fingerprint density at radius 3 is 2.82 bits per heavy atom. The van der Waals surface area contributed by atoms with Crippen LogP contribution in [-0.2, 0) is 4.79 Å². The van der Waals surface area contributed by atoms with E-state index in [1.54, 1.807) is 6.92 Å². The van der Waals surface area contributed by atoms with Crippen molar-refractivity contribution >= 4 is 5.91 Å². The molecule has 2 atom stereocenters. The Morgan fingerprint density at radius 2 is 2.24 bits per heavy atom. The molecule has 17 heavy (non-hydrogen) atoms. The van der Waals surface area contributed by atoms with Crippen molar-refractivity contribution in [3.8, 4) is 0 Å². The summed E-state index contributed by atoms with van der Waals surface area (Å²) < 4.78 is 0. The molecule has 0 aromatic rings. The summed E-state index contributed by atoms with van der Waals surface area (Å²) in [6.45, 7) is 6.06. The second-order valence-corrected chi connectivity index (χ2v) is 5.31. The zero-order chi connectivity index (χ0) is 12.8. The predicted molar refractivity (Wildman–Crippen MR) is 68.8 cm³/mol. The monoisotopic (exact) mass is 242 g/mol. The summed E-state index contributed by atoms with van der Waals surface area (Å²) >= 11 is 0. The fraction of sp³-hybridized carbons (Fsp3) is 0.923. The van der Waals surface area contributed by atoms with Crippen LogP contribution in [0.25, 0.3) is 0 Å². The van der Waals surface area contributed by atoms with E-state index in [2.05, 4.69) is 6.92 Å². The third-order valence-corrected chi connectivity index (χ3v) is 3.46. The number of carbonyl (C=O) groups is 1. The molecule has 1 aliphatic rings. The molecule has 1 saturated heterocycles. The van der Waals surface area contributed by atoms with Crippen LogP contribution >= 0.6 is 0 Å². The van der Waals surface area contributed by atoms with Gasteiger partial charge in [-0.25, -0.2) is 0 Å². The van der Waals surface area contributed by atoms with Crippen LogP contribution < -0.4 is 0 Å². The molecule has 0 radical (unpaired) electrons. The standard InChI is InChI=1S/C13H26N2O2/c1-11-6-4-5-8-15(11)13(17)10-14(3)9-7-12(2)16/h11-12,16H,4-10H2,1-3H3. The van der Waals surface area contributed by atoms with Crippen molar-refractivity contribution in [2.24, 2.45) is 0 Å². The third kappa shape index (κ3) is 5.04. The second-order valence-electron chi connectivity index (χ2n) is 5.31. The average molecular weight is 242 g/mol. The Labute approximate surface area is 105 Å². The molecule has 4 nitrogen and oxygen atoms in total. The fourth-order valence-electron chi connectivity index (χ4n) is 2.28. The number of aliphatic hydroxyl groups is 1. The van der Waals surface area contributed by atoms with Crippen molar-refractivity contribution in [3.05, 3.63) is 0 Å². The minimum Gasteiger partial charge on any atom is -0.393 e. The van der Waals surface area contributed by atoms with Gasteiger partial charge >= 0.3 is 0 Å². The molecule has 1 heterocycles. The first-order valence-electron chi connectivity index (χ1n) is 6.66. The van der Waals surface area contributed by atoms with Crippen molar-refractivity contribution in [3.63, 3.8) is 0 Å². The van der Waals surface area contributed by atoms with Gasteiger partial charge in [-0.3, -0.25) is 9.69 Å². The molecule has 4 heteroatoms. The quantitative estimate of drug-likeness (QED) is 0.785. The molecule has 0 aliphatic carbocycles. The van der Waals surface area contributed by atoms with Crippen LogP contribution in [0.2, 0.25) is 0 Å². The second kappa shape index (κ2) is 6.97. The molecule has 0 aromatic heterocycles. The normalized spacial score (nSPS) is 22.9. The van der Waals surface area contributed by atoms with Gasteiger partial charge in [-0.05, 0) is 46.6 Å². The molecule has 1 aliphatic heterocycles. The average Bonchev–Trinajstić information content (AvgIpc) is 2.26. The van der Waals surface area contributed by atoms with E-state index in [9.17, 15) is 9.90 Å². The Balaban J connectivity index is 2.32. The molecule has 2 unspecified atom stereocenters. The lowest BCUT2D eigenvalue weighted by molar-refractivity contribution is -0.135. The molecule has 1 amide bonds. The molecule has 0 aromatic carbocycles. The summed E-state index contributed by atoms with van der Waals surface area (Å²) in [7, 11) is 1.94. The van der Waals surface area contributed by atoms with E-state index in [1.807, 2.05) is 16.8 Å². The van der Waals surface area contributed by atoms with Gasteiger partial charge in [-0.2, -0.15) is 0 Å². The van der Waals surface area contributed by atoms with Gasteiger partial charge in [0.1, 0.15) is 0 Å². The maximum absolute atomic E-state index is 12.1. The lowest BCUT2D eigenvalue weighted by Crippen LogP contribution is -2.46. The largest absolute Gasteiger partial charge is 0.393 e. The summed E-state index contributed by atoms with van der Waals surface area (Å²) in [5, 5.41) is 9.20. The van der Waals surface area contributed by atoms with Crippen LogP contribution in [0.15, 0.2) is 0 Å². The highest BCUT2D eigenvalue weighted by Crippen LogP contribution is 2.16. The van der Waals surface area contributed by atoms with E-state index in [0.717, 1.165) is 32.4 Å². The van der Waals surface area contributed by atoms with Gasteiger partial charge in [0.2, 0.25) is 5.91 Å². The Kier molecular flexibility index (Phi) is 5.92. The number of likely N-dealkylation sites (tertiary alicyclic amines) is 1. The van der Waals surface area contributed by atoms with E-state index >= 15 is 0 Å². The molecule has 0 saturated carbocycles. The van der Waals surface area contributed by atoms with Gasteiger partial charge in [0.15, 0.2) is 0 Å². The maximum Gasteiger partial charge on any atom is 0.236 e. The molecular weight excluding hydrogens is 216 g/mol. The van der Waals surface area contributed by atoms with E-state index in [4.69, 9.17) is 0 Å². The van der Waals surface area contributed by atoms with Crippen molar-refractivity contribution < 1.29 is 9.90 Å². The minimum atomic E-state index is -0.290. The summed E-state index contributed by atoms with van der Waals surface area (Å²) in [6, 6.07) is 0.390. The lowest BCUT2D eigenvalue weighted by Gasteiger charge is -2.34. The molecule has 100 valence electrons.